The molecule has 1 aliphatic rings. The Morgan fingerprint density at radius 3 is 2.52 bits per heavy atom. The summed E-state index contributed by atoms with van der Waals surface area (Å²) in [5.74, 6) is 1.13. The molecule has 0 aliphatic carbocycles. The Morgan fingerprint density at radius 2 is 1.72 bits per heavy atom. The smallest absolute Gasteiger partial charge is 0.185 e. The summed E-state index contributed by atoms with van der Waals surface area (Å²) in [6.07, 6.45) is 0.0545. The molecule has 4 aromatic rings. The predicted octanol–water partition coefficient (Wildman–Crippen LogP) is 3.90. The van der Waals surface area contributed by atoms with E-state index in [0.29, 0.717) is 18.0 Å². The van der Waals surface area contributed by atoms with Crippen LogP contribution >= 0.6 is 0 Å². The number of hydrogen-bond donors (Lipinski definition) is 0. The molecule has 0 spiro atoms. The van der Waals surface area contributed by atoms with Crippen molar-refractivity contribution in [2.24, 2.45) is 0 Å². The maximum atomic E-state index is 13.3. The van der Waals surface area contributed by atoms with Gasteiger partial charge in [-0.1, -0.05) is 30.3 Å². The summed E-state index contributed by atoms with van der Waals surface area (Å²) >= 11 is 0. The number of fused-ring (bicyclic) bond motifs is 1. The van der Waals surface area contributed by atoms with Crippen molar-refractivity contribution in [3.63, 3.8) is 0 Å². The lowest BCUT2D eigenvalue weighted by molar-refractivity contribution is -0.0176. The van der Waals surface area contributed by atoms with E-state index in [4.69, 9.17) is 9.84 Å². The molecule has 2 aromatic heterocycles. The predicted molar refractivity (Wildman–Crippen MR) is 108 cm³/mol. The molecular weight excluding hydrogens is 369 g/mol. The van der Waals surface area contributed by atoms with E-state index in [0.717, 1.165) is 23.5 Å². The maximum absolute atomic E-state index is 13.3. The van der Waals surface area contributed by atoms with E-state index < -0.39 is 0 Å². The van der Waals surface area contributed by atoms with E-state index in [9.17, 15) is 4.39 Å². The zero-order valence-corrected chi connectivity index (χ0v) is 15.9. The minimum Gasteiger partial charge on any atom is -0.367 e. The van der Waals surface area contributed by atoms with E-state index in [1.165, 1.54) is 12.1 Å². The molecule has 6 nitrogen and oxygen atoms in total. The van der Waals surface area contributed by atoms with Gasteiger partial charge >= 0.3 is 0 Å². The summed E-state index contributed by atoms with van der Waals surface area (Å²) in [4.78, 5) is 2.22. The van der Waals surface area contributed by atoms with Crippen LogP contribution in [0.25, 0.3) is 17.0 Å². The molecular formula is C22H20FN5O. The fraction of sp³-hybridized carbons (Fsp3) is 0.227. The number of morpholine rings is 1. The Labute approximate surface area is 167 Å². The van der Waals surface area contributed by atoms with E-state index in [-0.39, 0.29) is 18.0 Å². The van der Waals surface area contributed by atoms with Crippen molar-refractivity contribution in [3.8, 4) is 11.4 Å². The van der Waals surface area contributed by atoms with Gasteiger partial charge in [0.2, 0.25) is 0 Å². The average molecular weight is 389 g/mol. The van der Waals surface area contributed by atoms with Crippen LogP contribution in [0.3, 0.4) is 0 Å². The molecule has 1 fully saturated rings. The van der Waals surface area contributed by atoms with E-state index >= 15 is 0 Å². The molecule has 0 saturated carbocycles. The zero-order chi connectivity index (χ0) is 19.8. The SMILES string of the molecule is C[C@@H]1CN(c2ccc3nnc(-c4ccc(F)cc4)n3n2)C[C@H](c2ccccc2)O1. The van der Waals surface area contributed by atoms with Crippen LogP contribution in [0.15, 0.2) is 66.7 Å². The van der Waals surface area contributed by atoms with Crippen molar-refractivity contribution in [3.05, 3.63) is 78.1 Å². The molecule has 2 atom stereocenters. The highest BCUT2D eigenvalue weighted by Crippen LogP contribution is 2.28. The fourth-order valence-corrected chi connectivity index (χ4v) is 3.72. The third-order valence-electron chi connectivity index (χ3n) is 5.11. The summed E-state index contributed by atoms with van der Waals surface area (Å²) in [5, 5.41) is 13.2. The molecule has 3 heterocycles. The second kappa shape index (κ2) is 7.25. The minimum atomic E-state index is -0.287. The van der Waals surface area contributed by atoms with Gasteiger partial charge in [-0.15, -0.1) is 15.3 Å². The number of nitrogens with zero attached hydrogens (tertiary/aromatic N) is 5. The first-order valence-corrected chi connectivity index (χ1v) is 9.61. The van der Waals surface area contributed by atoms with Crippen LogP contribution in [0, 0.1) is 5.82 Å². The Kier molecular flexibility index (Phi) is 4.44. The van der Waals surface area contributed by atoms with E-state index in [1.54, 1.807) is 16.6 Å². The lowest BCUT2D eigenvalue weighted by Gasteiger charge is -2.37. The van der Waals surface area contributed by atoms with Gasteiger partial charge in [0, 0.05) is 18.7 Å². The maximum Gasteiger partial charge on any atom is 0.185 e. The number of benzene rings is 2. The van der Waals surface area contributed by atoms with Gasteiger partial charge in [0.1, 0.15) is 17.7 Å². The number of halogens is 1. The van der Waals surface area contributed by atoms with Gasteiger partial charge in [-0.2, -0.15) is 4.52 Å². The first kappa shape index (κ1) is 17.8. The summed E-state index contributed by atoms with van der Waals surface area (Å²) in [6, 6.07) is 20.3. The highest BCUT2D eigenvalue weighted by Gasteiger charge is 2.27. The number of hydrogen-bond acceptors (Lipinski definition) is 5. The minimum absolute atomic E-state index is 0.0186. The third kappa shape index (κ3) is 3.45. The summed E-state index contributed by atoms with van der Waals surface area (Å²) in [7, 11) is 0. The Hall–Kier alpha value is -3.32. The molecule has 0 unspecified atom stereocenters. The average Bonchev–Trinajstić information content (AvgIpc) is 3.18. The Balaban J connectivity index is 1.49. The van der Waals surface area contributed by atoms with Crippen LogP contribution in [-0.2, 0) is 4.74 Å². The quantitative estimate of drug-likeness (QED) is 0.532. The van der Waals surface area contributed by atoms with Crippen molar-refractivity contribution in [1.82, 2.24) is 19.8 Å². The first-order chi connectivity index (χ1) is 14.2. The van der Waals surface area contributed by atoms with Crippen molar-refractivity contribution in [2.45, 2.75) is 19.1 Å². The lowest BCUT2D eigenvalue weighted by atomic mass is 10.1. The molecule has 5 rings (SSSR count). The van der Waals surface area contributed by atoms with Gasteiger partial charge in [0.05, 0.1) is 6.10 Å². The molecule has 0 N–H and O–H groups in total. The molecule has 0 radical (unpaired) electrons. The van der Waals surface area contributed by atoms with Crippen molar-refractivity contribution < 1.29 is 9.13 Å². The Bertz CT molecular complexity index is 1130. The van der Waals surface area contributed by atoms with Crippen LogP contribution in [-0.4, -0.2) is 39.0 Å². The summed E-state index contributed by atoms with van der Waals surface area (Å²) in [5.41, 5.74) is 2.57. The van der Waals surface area contributed by atoms with Crippen LogP contribution in [0.4, 0.5) is 10.2 Å². The largest absolute Gasteiger partial charge is 0.367 e. The standard InChI is InChI=1S/C22H20FN5O/c1-15-13-27(14-19(29-15)16-5-3-2-4-6-16)21-12-11-20-24-25-22(28(20)26-21)17-7-9-18(23)10-8-17/h2-12,15,19H,13-14H2,1H3/t15-,19-/m1/s1. The lowest BCUT2D eigenvalue weighted by Crippen LogP contribution is -2.43. The third-order valence-corrected chi connectivity index (χ3v) is 5.11. The first-order valence-electron chi connectivity index (χ1n) is 9.61. The van der Waals surface area contributed by atoms with Crippen molar-refractivity contribution >= 4 is 11.5 Å². The van der Waals surface area contributed by atoms with Crippen molar-refractivity contribution in [1.29, 1.82) is 0 Å². The van der Waals surface area contributed by atoms with Crippen LogP contribution < -0.4 is 4.90 Å². The molecule has 29 heavy (non-hydrogen) atoms. The number of aromatic nitrogens is 4. The second-order valence-corrected chi connectivity index (χ2v) is 7.24. The van der Waals surface area contributed by atoms with Crippen LogP contribution in [0.2, 0.25) is 0 Å². The van der Waals surface area contributed by atoms with Gasteiger partial charge in [0.25, 0.3) is 0 Å². The second-order valence-electron chi connectivity index (χ2n) is 7.24. The molecule has 1 aliphatic heterocycles. The molecule has 1 saturated heterocycles. The van der Waals surface area contributed by atoms with Gasteiger partial charge in [-0.25, -0.2) is 4.39 Å². The van der Waals surface area contributed by atoms with E-state index in [1.807, 2.05) is 30.3 Å². The fourth-order valence-electron chi connectivity index (χ4n) is 3.72. The normalized spacial score (nSPS) is 19.6. The Morgan fingerprint density at radius 1 is 0.931 bits per heavy atom. The van der Waals surface area contributed by atoms with Crippen LogP contribution in [0.5, 0.6) is 0 Å². The topological polar surface area (TPSA) is 55.6 Å². The summed E-state index contributed by atoms with van der Waals surface area (Å²) in [6.45, 7) is 3.53. The van der Waals surface area contributed by atoms with E-state index in [2.05, 4.69) is 34.2 Å². The highest BCUT2D eigenvalue weighted by molar-refractivity contribution is 5.59. The molecule has 0 bridgehead atoms. The highest BCUT2D eigenvalue weighted by atomic mass is 19.1. The van der Waals surface area contributed by atoms with Gasteiger partial charge in [0.15, 0.2) is 11.5 Å². The molecule has 2 aromatic carbocycles. The van der Waals surface area contributed by atoms with Gasteiger partial charge < -0.3 is 9.64 Å². The van der Waals surface area contributed by atoms with Gasteiger partial charge in [-0.05, 0) is 48.9 Å². The van der Waals surface area contributed by atoms with Crippen molar-refractivity contribution in [2.75, 3.05) is 18.0 Å². The zero-order valence-electron chi connectivity index (χ0n) is 15.9. The monoisotopic (exact) mass is 389 g/mol. The molecule has 146 valence electrons. The molecule has 0 amide bonds. The summed E-state index contributed by atoms with van der Waals surface area (Å²) < 4.78 is 21.2. The van der Waals surface area contributed by atoms with Crippen LogP contribution in [0.1, 0.15) is 18.6 Å². The van der Waals surface area contributed by atoms with Gasteiger partial charge in [-0.3, -0.25) is 0 Å². The number of ether oxygens (including phenoxy) is 1. The number of anilines is 1. The number of rotatable bonds is 3. The molecule has 7 heteroatoms.